The van der Waals surface area contributed by atoms with E-state index in [9.17, 15) is 0 Å². The van der Waals surface area contributed by atoms with Crippen LogP contribution in [0.3, 0.4) is 0 Å². The van der Waals surface area contributed by atoms with Crippen LogP contribution in [0.15, 0.2) is 0 Å². The average Bonchev–Trinajstić information content (AvgIpc) is 1.87. The third-order valence-corrected chi connectivity index (χ3v) is 6.49. The van der Waals surface area contributed by atoms with E-state index in [1.165, 1.54) is 8.86 Å². The minimum atomic E-state index is -1.22. The van der Waals surface area contributed by atoms with Crippen LogP contribution < -0.4 is 0 Å². The first kappa shape index (κ1) is 7.51. The van der Waals surface area contributed by atoms with Gasteiger partial charge in [0.15, 0.2) is 0 Å². The van der Waals surface area contributed by atoms with Gasteiger partial charge in [0, 0.05) is 0 Å². The van der Waals surface area contributed by atoms with Crippen LogP contribution in [0.2, 0.25) is 0 Å². The summed E-state index contributed by atoms with van der Waals surface area (Å²) in [6, 6.07) is 0. The van der Waals surface area contributed by atoms with E-state index in [2.05, 4.69) is 13.8 Å². The second-order valence-corrected chi connectivity index (χ2v) is 7.23. The van der Waals surface area contributed by atoms with Gasteiger partial charge >= 0.3 is 66.3 Å². The second-order valence-electron chi connectivity index (χ2n) is 1.93. The molecule has 0 aliphatic rings. The van der Waals surface area contributed by atoms with E-state index in [4.69, 9.17) is 6.78 Å². The molecule has 0 aromatic rings. The number of rotatable bonds is 5. The molecule has 0 spiro atoms. The number of halogens is 1. The molecule has 0 aromatic carbocycles. The molecule has 0 heterocycles. The fourth-order valence-electron chi connectivity index (χ4n) is 0.645. The Bertz CT molecular complexity index is 99.8. The molecular weight excluding hydrogens is 225 g/mol. The molecule has 56 valence electrons. The Labute approximate surface area is 66.5 Å². The van der Waals surface area contributed by atoms with Crippen molar-refractivity contribution in [3.63, 3.8) is 0 Å². The van der Waals surface area contributed by atoms with Crippen LogP contribution in [0.5, 0.6) is 0 Å². The van der Waals surface area contributed by atoms with E-state index < -0.39 is 19.8 Å². The zero-order valence-electron chi connectivity index (χ0n) is 7.21. The van der Waals surface area contributed by atoms with Crippen molar-refractivity contribution in [1.29, 1.82) is 5.41 Å². The monoisotopic (exact) mass is 242 g/mol. The van der Waals surface area contributed by atoms with Gasteiger partial charge < -0.3 is 0 Å². The molecule has 0 rings (SSSR count). The van der Waals surface area contributed by atoms with Crippen LogP contribution in [0.1, 0.15) is 28.1 Å². The molecule has 0 atom stereocenters. The molecule has 0 amide bonds. The van der Waals surface area contributed by atoms with E-state index >= 15 is 0 Å². The van der Waals surface area contributed by atoms with E-state index in [-0.39, 0.29) is 4.20 Å². The van der Waals surface area contributed by atoms with Crippen molar-refractivity contribution in [1.82, 2.24) is 0 Å². The summed E-state index contributed by atoms with van der Waals surface area (Å²) < 4.78 is 9.80. The van der Waals surface area contributed by atoms with Gasteiger partial charge in [-0.25, -0.2) is 0 Å². The SMILES string of the molecule is [2H]C(=N)I(CCC)CCC. The quantitative estimate of drug-likeness (QED) is 0.435. The topological polar surface area (TPSA) is 23.9 Å². The molecule has 0 saturated carbocycles. The van der Waals surface area contributed by atoms with Crippen LogP contribution in [-0.2, 0) is 0 Å². The molecule has 1 nitrogen and oxygen atoms in total. The van der Waals surface area contributed by atoms with Gasteiger partial charge in [0.2, 0.25) is 0 Å². The van der Waals surface area contributed by atoms with Gasteiger partial charge in [-0.1, -0.05) is 0 Å². The Balaban J connectivity index is 3.61. The molecule has 0 radical (unpaired) electrons. The Morgan fingerprint density at radius 3 is 2.11 bits per heavy atom. The minimum absolute atomic E-state index is 0.271. The van der Waals surface area contributed by atoms with Crippen molar-refractivity contribution in [2.24, 2.45) is 0 Å². The third kappa shape index (κ3) is 4.88. The Morgan fingerprint density at radius 2 is 1.89 bits per heavy atom. The summed E-state index contributed by atoms with van der Waals surface area (Å²) in [5.41, 5.74) is 0. The summed E-state index contributed by atoms with van der Waals surface area (Å²) in [6.45, 7) is 4.28. The van der Waals surface area contributed by atoms with E-state index in [0.29, 0.717) is 0 Å². The Kier molecular flexibility index (Phi) is 5.44. The summed E-state index contributed by atoms with van der Waals surface area (Å²) in [4.78, 5) is 0. The normalized spacial score (nSPS) is 12.7. The van der Waals surface area contributed by atoms with Gasteiger partial charge in [0.1, 0.15) is 0 Å². The summed E-state index contributed by atoms with van der Waals surface area (Å²) in [5.74, 6) is 0. The summed E-state index contributed by atoms with van der Waals surface area (Å²) in [6.07, 6.45) is 2.32. The number of hydrogen-bond acceptors (Lipinski definition) is 1. The fourth-order valence-corrected chi connectivity index (χ4v) is 4.33. The van der Waals surface area contributed by atoms with E-state index in [0.717, 1.165) is 12.8 Å². The van der Waals surface area contributed by atoms with Crippen molar-refractivity contribution in [2.75, 3.05) is 8.86 Å². The zero-order chi connectivity index (χ0) is 7.98. The maximum absolute atomic E-state index is 7.19. The predicted molar refractivity (Wildman–Crippen MR) is 53.1 cm³/mol. The molecule has 9 heavy (non-hydrogen) atoms. The first-order valence-corrected chi connectivity index (χ1v) is 7.52. The molecule has 0 fully saturated rings. The van der Waals surface area contributed by atoms with Crippen molar-refractivity contribution >= 4 is 24.0 Å². The fraction of sp³-hybridized carbons (Fsp3) is 0.857. The summed E-state index contributed by atoms with van der Waals surface area (Å²) in [5, 5.41) is 7.19. The summed E-state index contributed by atoms with van der Waals surface area (Å²) >= 11 is -1.22. The Hall–Kier alpha value is 0.400. The van der Waals surface area contributed by atoms with Gasteiger partial charge in [-0.2, -0.15) is 0 Å². The van der Waals surface area contributed by atoms with Gasteiger partial charge in [0.05, 0.1) is 0 Å². The van der Waals surface area contributed by atoms with Gasteiger partial charge in [-0.05, 0) is 0 Å². The number of nitrogens with one attached hydrogen (secondary N) is 1. The molecule has 0 aliphatic carbocycles. The first-order chi connectivity index (χ1) is 4.72. The number of hydrogen-bond donors (Lipinski definition) is 1. The maximum atomic E-state index is 7.19. The molecular formula is C7H16IN. The molecule has 1 N–H and O–H groups in total. The van der Waals surface area contributed by atoms with E-state index in [1.54, 1.807) is 0 Å². The average molecular weight is 242 g/mol. The second kappa shape index (κ2) is 6.52. The molecule has 0 aliphatic heterocycles. The molecule has 2 heteroatoms. The number of alkyl halides is 2. The summed E-state index contributed by atoms with van der Waals surface area (Å²) in [7, 11) is 0. The van der Waals surface area contributed by atoms with Crippen molar-refractivity contribution in [2.45, 2.75) is 26.7 Å². The molecule has 0 aromatic heterocycles. The van der Waals surface area contributed by atoms with Gasteiger partial charge in [0.25, 0.3) is 0 Å². The molecule has 0 bridgehead atoms. The van der Waals surface area contributed by atoms with Crippen LogP contribution in [-0.4, -0.2) is 13.1 Å². The van der Waals surface area contributed by atoms with Crippen LogP contribution in [0.25, 0.3) is 0 Å². The first-order valence-electron chi connectivity index (χ1n) is 3.89. The van der Waals surface area contributed by atoms with Gasteiger partial charge in [-0.3, -0.25) is 0 Å². The zero-order valence-corrected chi connectivity index (χ0v) is 8.36. The van der Waals surface area contributed by atoms with Crippen molar-refractivity contribution in [3.8, 4) is 0 Å². The molecule has 0 unspecified atom stereocenters. The van der Waals surface area contributed by atoms with Crippen LogP contribution >= 0.6 is 19.8 Å². The predicted octanol–water partition coefficient (Wildman–Crippen LogP) is 2.92. The van der Waals surface area contributed by atoms with Gasteiger partial charge in [-0.15, -0.1) is 0 Å². The van der Waals surface area contributed by atoms with Crippen molar-refractivity contribution in [3.05, 3.63) is 0 Å². The Morgan fingerprint density at radius 1 is 1.44 bits per heavy atom. The molecule has 0 saturated heterocycles. The van der Waals surface area contributed by atoms with Crippen molar-refractivity contribution < 1.29 is 1.37 Å². The third-order valence-electron chi connectivity index (χ3n) is 0.968. The van der Waals surface area contributed by atoms with E-state index in [1.807, 2.05) is 0 Å². The van der Waals surface area contributed by atoms with Crippen LogP contribution in [0.4, 0.5) is 0 Å². The standard InChI is InChI=1S/C7H16IN/c1-3-5-8(7-9)6-4-2/h7,9H,3-6H2,1-2H3/i7D. The van der Waals surface area contributed by atoms with Crippen LogP contribution in [0, 0.1) is 5.41 Å².